The van der Waals surface area contributed by atoms with Crippen molar-refractivity contribution in [1.29, 1.82) is 0 Å². The summed E-state index contributed by atoms with van der Waals surface area (Å²) in [6.45, 7) is 0. The van der Waals surface area contributed by atoms with Crippen molar-refractivity contribution < 1.29 is 8.42 Å². The zero-order valence-corrected chi connectivity index (χ0v) is 9.99. The molecule has 1 saturated heterocycles. The molecule has 1 aromatic rings. The summed E-state index contributed by atoms with van der Waals surface area (Å²) in [5.74, 6) is 1.35. The van der Waals surface area contributed by atoms with Gasteiger partial charge in [0.05, 0.1) is 23.7 Å². The van der Waals surface area contributed by atoms with E-state index in [9.17, 15) is 8.42 Å². The normalized spacial score (nSPS) is 25.8. The fraction of sp³-hybridized carbons (Fsp3) is 0.727. The molecule has 3 rings (SSSR count). The van der Waals surface area contributed by atoms with Crippen LogP contribution in [0.5, 0.6) is 0 Å². The molecule has 1 aromatic heterocycles. The third-order valence-electron chi connectivity index (χ3n) is 3.57. The quantitative estimate of drug-likeness (QED) is 0.787. The van der Waals surface area contributed by atoms with Crippen LogP contribution >= 0.6 is 0 Å². The van der Waals surface area contributed by atoms with Crippen LogP contribution in [-0.4, -0.2) is 29.7 Å². The summed E-state index contributed by atoms with van der Waals surface area (Å²) in [6.07, 6.45) is 8.05. The zero-order chi connectivity index (χ0) is 11.2. The molecule has 0 atom stereocenters. The average molecular weight is 240 g/mol. The molecule has 0 radical (unpaired) electrons. The first kappa shape index (κ1) is 10.3. The lowest BCUT2D eigenvalue weighted by molar-refractivity contribution is 0.413. The predicted molar refractivity (Wildman–Crippen MR) is 61.1 cm³/mol. The second-order valence-electron chi connectivity index (χ2n) is 4.91. The monoisotopic (exact) mass is 240 g/mol. The molecule has 88 valence electrons. The maximum absolute atomic E-state index is 11.3. The summed E-state index contributed by atoms with van der Waals surface area (Å²) in [5.41, 5.74) is 1.33. The van der Waals surface area contributed by atoms with E-state index in [1.165, 1.54) is 18.4 Å². The average Bonchev–Trinajstić information content (AvgIpc) is 2.98. The fourth-order valence-corrected chi connectivity index (χ4v) is 3.79. The van der Waals surface area contributed by atoms with Crippen molar-refractivity contribution in [1.82, 2.24) is 9.78 Å². The number of sulfone groups is 1. The largest absolute Gasteiger partial charge is 0.269 e. The van der Waals surface area contributed by atoms with Crippen LogP contribution < -0.4 is 0 Å². The summed E-state index contributed by atoms with van der Waals surface area (Å²) in [7, 11) is -2.76. The highest BCUT2D eigenvalue weighted by Crippen LogP contribution is 2.40. The number of hydrogen-bond donors (Lipinski definition) is 0. The topological polar surface area (TPSA) is 52.0 Å². The van der Waals surface area contributed by atoms with E-state index in [0.29, 0.717) is 24.3 Å². The minimum Gasteiger partial charge on any atom is -0.269 e. The second kappa shape index (κ2) is 3.58. The van der Waals surface area contributed by atoms with Gasteiger partial charge in [0.25, 0.3) is 0 Å². The molecular formula is C11H16N2O2S. The molecule has 16 heavy (non-hydrogen) atoms. The van der Waals surface area contributed by atoms with Gasteiger partial charge in [0.2, 0.25) is 0 Å². The summed E-state index contributed by atoms with van der Waals surface area (Å²) in [6, 6.07) is 0.288. The van der Waals surface area contributed by atoms with E-state index in [-0.39, 0.29) is 6.04 Å². The van der Waals surface area contributed by atoms with Crippen LogP contribution in [-0.2, 0) is 9.84 Å². The smallest absolute Gasteiger partial charge is 0.150 e. The Morgan fingerprint density at radius 3 is 2.50 bits per heavy atom. The molecule has 1 aliphatic heterocycles. The van der Waals surface area contributed by atoms with Gasteiger partial charge in [0, 0.05) is 6.20 Å². The van der Waals surface area contributed by atoms with Crippen LogP contribution in [0.3, 0.4) is 0 Å². The van der Waals surface area contributed by atoms with Crippen LogP contribution in [0.25, 0.3) is 0 Å². The molecule has 1 aliphatic carbocycles. The molecular weight excluding hydrogens is 224 g/mol. The van der Waals surface area contributed by atoms with E-state index in [1.807, 2.05) is 10.9 Å². The summed E-state index contributed by atoms with van der Waals surface area (Å²) < 4.78 is 24.6. The maximum atomic E-state index is 11.3. The first-order chi connectivity index (χ1) is 7.64. The van der Waals surface area contributed by atoms with E-state index in [2.05, 4.69) is 11.3 Å². The number of rotatable bonds is 2. The Bertz CT molecular complexity index is 474. The van der Waals surface area contributed by atoms with Gasteiger partial charge in [0.1, 0.15) is 9.84 Å². The molecule has 2 aliphatic rings. The van der Waals surface area contributed by atoms with Crippen molar-refractivity contribution in [3.63, 3.8) is 0 Å². The van der Waals surface area contributed by atoms with Crippen LogP contribution in [0.4, 0.5) is 0 Å². The Morgan fingerprint density at radius 2 is 1.88 bits per heavy atom. The molecule has 0 N–H and O–H groups in total. The van der Waals surface area contributed by atoms with Gasteiger partial charge in [-0.15, -0.1) is 0 Å². The highest BCUT2D eigenvalue weighted by atomic mass is 32.2. The molecule has 2 heterocycles. The Hall–Kier alpha value is -0.840. The molecule has 1 saturated carbocycles. The lowest BCUT2D eigenvalue weighted by Crippen LogP contribution is -2.25. The Balaban J connectivity index is 1.72. The van der Waals surface area contributed by atoms with Gasteiger partial charge in [-0.2, -0.15) is 5.10 Å². The molecule has 2 fully saturated rings. The summed E-state index contributed by atoms with van der Waals surface area (Å²) in [5, 5.41) is 4.37. The van der Waals surface area contributed by atoms with Gasteiger partial charge in [-0.3, -0.25) is 4.68 Å². The van der Waals surface area contributed by atoms with Gasteiger partial charge in [-0.05, 0) is 37.2 Å². The standard InChI is InChI=1S/C11H16N2O2S/c14-16(15)5-3-11(4-6-16)13-8-10(7-12-13)9-1-2-9/h7-9,11H,1-6H2. The van der Waals surface area contributed by atoms with Crippen molar-refractivity contribution in [3.8, 4) is 0 Å². The molecule has 0 bridgehead atoms. The van der Waals surface area contributed by atoms with E-state index < -0.39 is 9.84 Å². The van der Waals surface area contributed by atoms with Crippen LogP contribution in [0.2, 0.25) is 0 Å². The van der Waals surface area contributed by atoms with Gasteiger partial charge < -0.3 is 0 Å². The Labute approximate surface area is 95.6 Å². The van der Waals surface area contributed by atoms with E-state index in [1.54, 1.807) is 0 Å². The van der Waals surface area contributed by atoms with Crippen molar-refractivity contribution in [3.05, 3.63) is 18.0 Å². The van der Waals surface area contributed by atoms with Crippen LogP contribution in [0, 0.1) is 0 Å². The molecule has 0 aromatic carbocycles. The first-order valence-electron chi connectivity index (χ1n) is 5.88. The maximum Gasteiger partial charge on any atom is 0.150 e. The fourth-order valence-electron chi connectivity index (χ4n) is 2.32. The lowest BCUT2D eigenvalue weighted by atomic mass is 10.1. The molecule has 5 heteroatoms. The first-order valence-corrected chi connectivity index (χ1v) is 7.71. The molecule has 0 spiro atoms. The molecule has 4 nitrogen and oxygen atoms in total. The SMILES string of the molecule is O=S1(=O)CCC(n2cc(C3CC3)cn2)CC1. The third-order valence-corrected chi connectivity index (χ3v) is 5.28. The van der Waals surface area contributed by atoms with E-state index in [0.717, 1.165) is 5.92 Å². The highest BCUT2D eigenvalue weighted by molar-refractivity contribution is 7.91. The second-order valence-corrected chi connectivity index (χ2v) is 7.21. The molecule has 0 unspecified atom stereocenters. The number of nitrogens with zero attached hydrogens (tertiary/aromatic N) is 2. The van der Waals surface area contributed by atoms with Crippen molar-refractivity contribution in [2.24, 2.45) is 0 Å². The van der Waals surface area contributed by atoms with Crippen molar-refractivity contribution in [2.75, 3.05) is 11.5 Å². The summed E-state index contributed by atoms with van der Waals surface area (Å²) >= 11 is 0. The minimum atomic E-state index is -2.76. The van der Waals surface area contributed by atoms with Gasteiger partial charge in [-0.25, -0.2) is 8.42 Å². The van der Waals surface area contributed by atoms with Crippen molar-refractivity contribution in [2.45, 2.75) is 37.6 Å². The van der Waals surface area contributed by atoms with Crippen molar-refractivity contribution >= 4 is 9.84 Å². The third kappa shape index (κ3) is 2.00. The van der Waals surface area contributed by atoms with Gasteiger partial charge >= 0.3 is 0 Å². The minimum absolute atomic E-state index is 0.288. The Morgan fingerprint density at radius 1 is 1.19 bits per heavy atom. The van der Waals surface area contributed by atoms with E-state index >= 15 is 0 Å². The lowest BCUT2D eigenvalue weighted by Gasteiger charge is -2.22. The van der Waals surface area contributed by atoms with Crippen LogP contribution in [0.15, 0.2) is 12.4 Å². The number of aromatic nitrogens is 2. The molecule has 0 amide bonds. The number of hydrogen-bond acceptors (Lipinski definition) is 3. The van der Waals surface area contributed by atoms with E-state index in [4.69, 9.17) is 0 Å². The highest BCUT2D eigenvalue weighted by Gasteiger charge is 2.28. The van der Waals surface area contributed by atoms with Gasteiger partial charge in [0.15, 0.2) is 0 Å². The van der Waals surface area contributed by atoms with Crippen LogP contribution in [0.1, 0.15) is 43.2 Å². The zero-order valence-electron chi connectivity index (χ0n) is 9.17. The summed E-state index contributed by atoms with van der Waals surface area (Å²) in [4.78, 5) is 0. The van der Waals surface area contributed by atoms with Gasteiger partial charge in [-0.1, -0.05) is 0 Å². The predicted octanol–water partition coefficient (Wildman–Crippen LogP) is 1.51. The Kier molecular flexibility index (Phi) is 2.31.